The first kappa shape index (κ1) is 12.2. The molecule has 2 aromatic rings. The normalized spacial score (nSPS) is 14.3. The fourth-order valence-corrected chi connectivity index (χ4v) is 2.67. The summed E-state index contributed by atoms with van der Waals surface area (Å²) in [5, 5.41) is 9.21. The highest BCUT2D eigenvalue weighted by Crippen LogP contribution is 2.32. The second-order valence-electron chi connectivity index (χ2n) is 5.03. The quantitative estimate of drug-likeness (QED) is 0.895. The lowest BCUT2D eigenvalue weighted by molar-refractivity contribution is 0.277. The number of nitrogens with zero attached hydrogens (tertiary/aromatic N) is 2. The van der Waals surface area contributed by atoms with Crippen molar-refractivity contribution >= 4 is 11.5 Å². The minimum atomic E-state index is -0.0115. The maximum Gasteiger partial charge on any atom is 0.133 e. The van der Waals surface area contributed by atoms with Crippen LogP contribution in [-0.4, -0.2) is 16.6 Å². The number of anilines is 2. The minimum Gasteiger partial charge on any atom is -0.390 e. The summed E-state index contributed by atoms with van der Waals surface area (Å²) in [7, 11) is 0. The maximum atomic E-state index is 9.21. The summed E-state index contributed by atoms with van der Waals surface area (Å²) in [6, 6.07) is 12.4. The molecule has 0 aliphatic carbocycles. The van der Waals surface area contributed by atoms with Crippen LogP contribution in [0.4, 0.5) is 11.5 Å². The highest BCUT2D eigenvalue weighted by molar-refractivity contribution is 5.66. The monoisotopic (exact) mass is 254 g/mol. The van der Waals surface area contributed by atoms with Crippen molar-refractivity contribution in [3.8, 4) is 0 Å². The van der Waals surface area contributed by atoms with Crippen molar-refractivity contribution in [1.82, 2.24) is 4.98 Å². The van der Waals surface area contributed by atoms with Gasteiger partial charge in [-0.25, -0.2) is 4.98 Å². The molecule has 0 fully saturated rings. The van der Waals surface area contributed by atoms with Gasteiger partial charge in [0.25, 0.3) is 0 Å². The molecule has 0 bridgehead atoms. The number of benzene rings is 1. The Morgan fingerprint density at radius 2 is 2.16 bits per heavy atom. The zero-order valence-corrected chi connectivity index (χ0v) is 11.1. The van der Waals surface area contributed by atoms with E-state index in [4.69, 9.17) is 0 Å². The molecule has 0 unspecified atom stereocenters. The first-order valence-corrected chi connectivity index (χ1v) is 6.72. The van der Waals surface area contributed by atoms with Crippen LogP contribution in [0.15, 0.2) is 36.4 Å². The second-order valence-corrected chi connectivity index (χ2v) is 5.03. The number of fused-ring (bicyclic) bond motifs is 1. The lowest BCUT2D eigenvalue weighted by Crippen LogP contribution is -2.25. The van der Waals surface area contributed by atoms with Crippen LogP contribution in [0.25, 0.3) is 0 Å². The first-order valence-electron chi connectivity index (χ1n) is 6.72. The molecule has 19 heavy (non-hydrogen) atoms. The van der Waals surface area contributed by atoms with Crippen molar-refractivity contribution in [1.29, 1.82) is 0 Å². The van der Waals surface area contributed by atoms with Crippen LogP contribution in [0, 0.1) is 6.92 Å². The summed E-state index contributed by atoms with van der Waals surface area (Å²) in [6.45, 7) is 3.10. The highest BCUT2D eigenvalue weighted by Gasteiger charge is 2.19. The molecule has 2 heterocycles. The van der Waals surface area contributed by atoms with Gasteiger partial charge in [0.1, 0.15) is 5.82 Å². The van der Waals surface area contributed by atoms with Crippen molar-refractivity contribution in [2.75, 3.05) is 11.4 Å². The van der Waals surface area contributed by atoms with Crippen LogP contribution in [0.1, 0.15) is 23.2 Å². The molecule has 0 atom stereocenters. The Bertz CT molecular complexity index is 595. The zero-order valence-electron chi connectivity index (χ0n) is 11.1. The molecule has 0 saturated carbocycles. The summed E-state index contributed by atoms with van der Waals surface area (Å²) in [4.78, 5) is 6.76. The third kappa shape index (κ3) is 2.34. The van der Waals surface area contributed by atoms with E-state index in [-0.39, 0.29) is 6.61 Å². The molecule has 0 amide bonds. The lowest BCUT2D eigenvalue weighted by Gasteiger charge is -2.30. The van der Waals surface area contributed by atoms with Crippen molar-refractivity contribution in [3.63, 3.8) is 0 Å². The number of aromatic nitrogens is 1. The van der Waals surface area contributed by atoms with Crippen LogP contribution >= 0.6 is 0 Å². The van der Waals surface area contributed by atoms with Crippen LogP contribution in [0.2, 0.25) is 0 Å². The van der Waals surface area contributed by atoms with Gasteiger partial charge >= 0.3 is 0 Å². The number of hydrogen-bond donors (Lipinski definition) is 1. The van der Waals surface area contributed by atoms with Crippen LogP contribution in [0.3, 0.4) is 0 Å². The van der Waals surface area contributed by atoms with Crippen molar-refractivity contribution in [3.05, 3.63) is 53.2 Å². The van der Waals surface area contributed by atoms with E-state index in [9.17, 15) is 5.11 Å². The summed E-state index contributed by atoms with van der Waals surface area (Å²) in [5.74, 6) is 0.927. The fraction of sp³-hybridized carbons (Fsp3) is 0.312. The summed E-state index contributed by atoms with van der Waals surface area (Å²) < 4.78 is 0. The lowest BCUT2D eigenvalue weighted by atomic mass is 9.99. The maximum absolute atomic E-state index is 9.21. The van der Waals surface area contributed by atoms with Gasteiger partial charge in [0.2, 0.25) is 0 Å². The third-order valence-corrected chi connectivity index (χ3v) is 3.58. The Hall–Kier alpha value is -1.87. The van der Waals surface area contributed by atoms with E-state index in [0.717, 1.165) is 30.9 Å². The predicted octanol–water partition coefficient (Wildman–Crippen LogP) is 2.97. The van der Waals surface area contributed by atoms with E-state index in [1.807, 2.05) is 18.2 Å². The SMILES string of the molecule is Cc1ccc2c(c1)CCCN2c1cccc(CO)n1. The van der Waals surface area contributed by atoms with Gasteiger partial charge in [0.15, 0.2) is 0 Å². The molecular weight excluding hydrogens is 236 g/mol. The van der Waals surface area contributed by atoms with Crippen LogP contribution < -0.4 is 4.90 Å². The Morgan fingerprint density at radius 3 is 3.00 bits per heavy atom. The number of pyridine rings is 1. The van der Waals surface area contributed by atoms with Crippen LogP contribution in [-0.2, 0) is 13.0 Å². The highest BCUT2D eigenvalue weighted by atomic mass is 16.3. The molecule has 1 aliphatic rings. The average molecular weight is 254 g/mol. The van der Waals surface area contributed by atoms with Crippen molar-refractivity contribution in [2.45, 2.75) is 26.4 Å². The molecule has 3 nitrogen and oxygen atoms in total. The van der Waals surface area contributed by atoms with E-state index in [0.29, 0.717) is 0 Å². The van der Waals surface area contributed by atoms with E-state index in [2.05, 4.69) is 35.0 Å². The molecule has 0 spiro atoms. The van der Waals surface area contributed by atoms with Gasteiger partial charge in [0, 0.05) is 12.2 Å². The first-order chi connectivity index (χ1) is 9.28. The molecule has 1 aliphatic heterocycles. The molecule has 1 aromatic carbocycles. The molecular formula is C16H18N2O. The molecule has 98 valence electrons. The third-order valence-electron chi connectivity index (χ3n) is 3.58. The predicted molar refractivity (Wildman–Crippen MR) is 76.7 cm³/mol. The minimum absolute atomic E-state index is 0.0115. The number of aliphatic hydroxyl groups is 1. The van der Waals surface area contributed by atoms with Gasteiger partial charge in [-0.3, -0.25) is 0 Å². The smallest absolute Gasteiger partial charge is 0.133 e. The molecule has 0 radical (unpaired) electrons. The van der Waals surface area contributed by atoms with Gasteiger partial charge in [-0.1, -0.05) is 23.8 Å². The Morgan fingerprint density at radius 1 is 1.26 bits per heavy atom. The number of aryl methyl sites for hydroxylation is 2. The summed E-state index contributed by atoms with van der Waals surface area (Å²) in [6.07, 6.45) is 2.27. The Labute approximate surface area is 113 Å². The van der Waals surface area contributed by atoms with Crippen LogP contribution in [0.5, 0.6) is 0 Å². The summed E-state index contributed by atoms with van der Waals surface area (Å²) >= 11 is 0. The molecule has 1 N–H and O–H groups in total. The molecule has 3 heteroatoms. The average Bonchev–Trinajstić information content (AvgIpc) is 2.46. The molecule has 0 saturated heterocycles. The molecule has 3 rings (SSSR count). The van der Waals surface area contributed by atoms with Gasteiger partial charge in [-0.05, 0) is 43.5 Å². The topological polar surface area (TPSA) is 36.4 Å². The van der Waals surface area contributed by atoms with E-state index >= 15 is 0 Å². The van der Waals surface area contributed by atoms with Crippen molar-refractivity contribution in [2.24, 2.45) is 0 Å². The number of rotatable bonds is 2. The van der Waals surface area contributed by atoms with E-state index in [1.54, 1.807) is 0 Å². The number of hydrogen-bond acceptors (Lipinski definition) is 3. The fourth-order valence-electron chi connectivity index (χ4n) is 2.67. The van der Waals surface area contributed by atoms with Crippen molar-refractivity contribution < 1.29 is 5.11 Å². The number of aliphatic hydroxyl groups excluding tert-OH is 1. The standard InChI is InChI=1S/C16H18N2O/c1-12-7-8-15-13(10-12)4-3-9-18(15)16-6-2-5-14(11-19)17-16/h2,5-8,10,19H,3-4,9,11H2,1H3. The van der Waals surface area contributed by atoms with E-state index in [1.165, 1.54) is 16.8 Å². The summed E-state index contributed by atoms with van der Waals surface area (Å²) in [5.41, 5.74) is 4.66. The Balaban J connectivity index is 2.03. The van der Waals surface area contributed by atoms with Gasteiger partial charge in [-0.2, -0.15) is 0 Å². The second kappa shape index (κ2) is 5.02. The van der Waals surface area contributed by atoms with Gasteiger partial charge in [-0.15, -0.1) is 0 Å². The largest absolute Gasteiger partial charge is 0.390 e. The zero-order chi connectivity index (χ0) is 13.2. The molecule has 1 aromatic heterocycles. The van der Waals surface area contributed by atoms with Gasteiger partial charge in [0.05, 0.1) is 12.3 Å². The van der Waals surface area contributed by atoms with Gasteiger partial charge < -0.3 is 10.0 Å². The Kier molecular flexibility index (Phi) is 3.22. The van der Waals surface area contributed by atoms with E-state index < -0.39 is 0 Å².